The molecule has 1 N–H and O–H groups in total. The van der Waals surface area contributed by atoms with Crippen LogP contribution in [0, 0.1) is 0 Å². The first-order valence-electron chi connectivity index (χ1n) is 6.53. The molecule has 2 aromatic heterocycles. The van der Waals surface area contributed by atoms with Crippen molar-refractivity contribution >= 4 is 11.3 Å². The van der Waals surface area contributed by atoms with Gasteiger partial charge >= 0.3 is 0 Å². The molecule has 0 saturated heterocycles. The number of rotatable bonds is 7. The summed E-state index contributed by atoms with van der Waals surface area (Å²) in [4.78, 5) is 5.93. The van der Waals surface area contributed by atoms with E-state index in [1.165, 1.54) is 4.88 Å². The first-order chi connectivity index (χ1) is 8.79. The third kappa shape index (κ3) is 3.68. The summed E-state index contributed by atoms with van der Waals surface area (Å²) < 4.78 is 2.01. The van der Waals surface area contributed by atoms with Gasteiger partial charge in [-0.3, -0.25) is 0 Å². The van der Waals surface area contributed by atoms with Crippen LogP contribution in [0.2, 0.25) is 0 Å². The van der Waals surface area contributed by atoms with E-state index >= 15 is 0 Å². The largest absolute Gasteiger partial charge is 0.340 e. The van der Waals surface area contributed by atoms with Crippen molar-refractivity contribution in [1.29, 1.82) is 0 Å². The third-order valence-corrected chi connectivity index (χ3v) is 3.92. The van der Waals surface area contributed by atoms with E-state index in [2.05, 4.69) is 40.9 Å². The Labute approximate surface area is 113 Å². The highest BCUT2D eigenvalue weighted by atomic mass is 32.1. The topological polar surface area (TPSA) is 29.9 Å². The monoisotopic (exact) mass is 263 g/mol. The van der Waals surface area contributed by atoms with Crippen molar-refractivity contribution in [2.75, 3.05) is 6.54 Å². The Hall–Kier alpha value is -1.13. The van der Waals surface area contributed by atoms with Crippen molar-refractivity contribution in [3.05, 3.63) is 40.6 Å². The van der Waals surface area contributed by atoms with Crippen molar-refractivity contribution in [3.63, 3.8) is 0 Å². The van der Waals surface area contributed by atoms with Gasteiger partial charge in [0.25, 0.3) is 0 Å². The molecule has 0 aromatic carbocycles. The van der Waals surface area contributed by atoms with Crippen molar-refractivity contribution in [2.45, 2.75) is 32.2 Å². The van der Waals surface area contributed by atoms with E-state index in [0.29, 0.717) is 6.04 Å². The van der Waals surface area contributed by atoms with Gasteiger partial charge < -0.3 is 9.88 Å². The number of hydrogen-bond donors (Lipinski definition) is 1. The minimum atomic E-state index is 0.369. The zero-order valence-electron chi connectivity index (χ0n) is 11.1. The number of aromatic nitrogens is 2. The SMILES string of the molecule is CCCNC(CCc1cccs1)c1cn(C)cn1. The number of thiophene rings is 1. The van der Waals surface area contributed by atoms with Crippen molar-refractivity contribution in [1.82, 2.24) is 14.9 Å². The van der Waals surface area contributed by atoms with Crippen molar-refractivity contribution in [2.24, 2.45) is 7.05 Å². The van der Waals surface area contributed by atoms with Gasteiger partial charge in [0.1, 0.15) is 0 Å². The lowest BCUT2D eigenvalue weighted by atomic mass is 10.1. The highest BCUT2D eigenvalue weighted by Crippen LogP contribution is 2.19. The molecular formula is C14H21N3S. The molecule has 0 aliphatic rings. The molecule has 1 atom stereocenters. The molecule has 18 heavy (non-hydrogen) atoms. The normalized spacial score (nSPS) is 12.8. The fourth-order valence-corrected chi connectivity index (χ4v) is 2.75. The predicted octanol–water partition coefficient (Wildman–Crippen LogP) is 3.16. The van der Waals surface area contributed by atoms with Crippen LogP contribution in [-0.4, -0.2) is 16.1 Å². The maximum Gasteiger partial charge on any atom is 0.0947 e. The van der Waals surface area contributed by atoms with E-state index in [1.54, 1.807) is 0 Å². The lowest BCUT2D eigenvalue weighted by molar-refractivity contribution is 0.491. The van der Waals surface area contributed by atoms with E-state index in [9.17, 15) is 0 Å². The fraction of sp³-hybridized carbons (Fsp3) is 0.500. The Morgan fingerprint density at radius 3 is 3.00 bits per heavy atom. The molecular weight excluding hydrogens is 242 g/mol. The smallest absolute Gasteiger partial charge is 0.0947 e. The van der Waals surface area contributed by atoms with Gasteiger partial charge in [-0.25, -0.2) is 4.98 Å². The summed E-state index contributed by atoms with van der Waals surface area (Å²) in [6.45, 7) is 3.24. The molecule has 2 heterocycles. The fourth-order valence-electron chi connectivity index (χ4n) is 2.03. The first kappa shape index (κ1) is 13.3. The van der Waals surface area contributed by atoms with Crippen LogP contribution in [0.25, 0.3) is 0 Å². The van der Waals surface area contributed by atoms with E-state index in [0.717, 1.165) is 31.5 Å². The van der Waals surface area contributed by atoms with E-state index in [1.807, 2.05) is 29.3 Å². The summed E-state index contributed by atoms with van der Waals surface area (Å²) in [5, 5.41) is 5.73. The lowest BCUT2D eigenvalue weighted by Crippen LogP contribution is -2.23. The van der Waals surface area contributed by atoms with E-state index < -0.39 is 0 Å². The van der Waals surface area contributed by atoms with Crippen LogP contribution < -0.4 is 5.32 Å². The van der Waals surface area contributed by atoms with Gasteiger partial charge in [0, 0.05) is 18.1 Å². The van der Waals surface area contributed by atoms with E-state index in [4.69, 9.17) is 0 Å². The Morgan fingerprint density at radius 2 is 2.39 bits per heavy atom. The maximum atomic E-state index is 4.47. The summed E-state index contributed by atoms with van der Waals surface area (Å²) in [5.41, 5.74) is 1.16. The van der Waals surface area contributed by atoms with Crippen molar-refractivity contribution < 1.29 is 0 Å². The molecule has 98 valence electrons. The van der Waals surface area contributed by atoms with Crippen LogP contribution in [0.15, 0.2) is 30.0 Å². The van der Waals surface area contributed by atoms with Crippen LogP contribution in [0.5, 0.6) is 0 Å². The molecule has 4 heteroatoms. The molecule has 3 nitrogen and oxygen atoms in total. The Kier molecular flexibility index (Phi) is 4.96. The average Bonchev–Trinajstić information content (AvgIpc) is 3.01. The second-order valence-electron chi connectivity index (χ2n) is 4.59. The van der Waals surface area contributed by atoms with Crippen LogP contribution in [0.4, 0.5) is 0 Å². The van der Waals surface area contributed by atoms with Gasteiger partial charge in [0.05, 0.1) is 18.1 Å². The maximum absolute atomic E-state index is 4.47. The van der Waals surface area contributed by atoms with Crippen LogP contribution in [0.3, 0.4) is 0 Å². The Morgan fingerprint density at radius 1 is 1.50 bits per heavy atom. The summed E-state index contributed by atoms with van der Waals surface area (Å²) in [7, 11) is 2.02. The van der Waals surface area contributed by atoms with Gasteiger partial charge in [-0.2, -0.15) is 0 Å². The minimum Gasteiger partial charge on any atom is -0.340 e. The van der Waals surface area contributed by atoms with Gasteiger partial charge in [-0.05, 0) is 37.3 Å². The Balaban J connectivity index is 1.96. The number of nitrogens with zero attached hydrogens (tertiary/aromatic N) is 2. The van der Waals surface area contributed by atoms with Crippen LogP contribution in [0.1, 0.15) is 36.4 Å². The summed E-state index contributed by atoms with van der Waals surface area (Å²) >= 11 is 1.84. The molecule has 0 fully saturated rings. The third-order valence-electron chi connectivity index (χ3n) is 2.98. The zero-order valence-corrected chi connectivity index (χ0v) is 11.9. The molecule has 0 bridgehead atoms. The zero-order chi connectivity index (χ0) is 12.8. The molecule has 0 spiro atoms. The van der Waals surface area contributed by atoms with E-state index in [-0.39, 0.29) is 0 Å². The molecule has 2 rings (SSSR count). The quantitative estimate of drug-likeness (QED) is 0.831. The standard InChI is InChI=1S/C14H21N3S/c1-3-8-15-13(14-10-17(2)11-16-14)7-6-12-5-4-9-18-12/h4-5,9-11,13,15H,3,6-8H2,1-2H3. The molecule has 0 radical (unpaired) electrons. The molecule has 0 aliphatic heterocycles. The van der Waals surface area contributed by atoms with Gasteiger partial charge in [0.2, 0.25) is 0 Å². The highest BCUT2D eigenvalue weighted by Gasteiger charge is 2.13. The Bertz CT molecular complexity index is 447. The number of imidazole rings is 1. The van der Waals surface area contributed by atoms with Gasteiger partial charge in [0.15, 0.2) is 0 Å². The minimum absolute atomic E-state index is 0.369. The van der Waals surface area contributed by atoms with Gasteiger partial charge in [-0.15, -0.1) is 11.3 Å². The molecule has 2 aromatic rings. The van der Waals surface area contributed by atoms with Crippen molar-refractivity contribution in [3.8, 4) is 0 Å². The molecule has 0 amide bonds. The van der Waals surface area contributed by atoms with Gasteiger partial charge in [-0.1, -0.05) is 13.0 Å². The summed E-state index contributed by atoms with van der Waals surface area (Å²) in [6, 6.07) is 4.70. The summed E-state index contributed by atoms with van der Waals surface area (Å²) in [6.07, 6.45) is 7.37. The van der Waals surface area contributed by atoms with Crippen LogP contribution >= 0.6 is 11.3 Å². The number of hydrogen-bond acceptors (Lipinski definition) is 3. The predicted molar refractivity (Wildman–Crippen MR) is 76.9 cm³/mol. The average molecular weight is 263 g/mol. The molecule has 0 aliphatic carbocycles. The summed E-state index contributed by atoms with van der Waals surface area (Å²) in [5.74, 6) is 0. The molecule has 1 unspecified atom stereocenters. The highest BCUT2D eigenvalue weighted by molar-refractivity contribution is 7.09. The number of nitrogens with one attached hydrogen (secondary N) is 1. The second kappa shape index (κ2) is 6.71. The first-order valence-corrected chi connectivity index (χ1v) is 7.41. The van der Waals surface area contributed by atoms with Crippen LogP contribution in [-0.2, 0) is 13.5 Å². The number of aryl methyl sites for hydroxylation is 2. The second-order valence-corrected chi connectivity index (χ2v) is 5.62. The molecule has 0 saturated carbocycles. The lowest BCUT2D eigenvalue weighted by Gasteiger charge is -2.15.